The second-order valence-electron chi connectivity index (χ2n) is 4.96. The van der Waals surface area contributed by atoms with Gasteiger partial charge in [0, 0.05) is 12.1 Å². The third kappa shape index (κ3) is 2.71. The molecule has 0 aromatic carbocycles. The van der Waals surface area contributed by atoms with Crippen molar-refractivity contribution in [1.82, 2.24) is 5.32 Å². The average molecular weight is 197 g/mol. The Morgan fingerprint density at radius 3 is 2.07 bits per heavy atom. The van der Waals surface area contributed by atoms with E-state index in [9.17, 15) is 5.11 Å². The van der Waals surface area contributed by atoms with Crippen molar-refractivity contribution in [2.24, 2.45) is 0 Å². The van der Waals surface area contributed by atoms with Gasteiger partial charge in [-0.3, -0.25) is 0 Å². The second kappa shape index (κ2) is 5.13. The second-order valence-corrected chi connectivity index (χ2v) is 4.96. The van der Waals surface area contributed by atoms with Gasteiger partial charge in [0.2, 0.25) is 0 Å². The van der Waals surface area contributed by atoms with Crippen LogP contribution in [0.3, 0.4) is 0 Å². The Morgan fingerprint density at radius 2 is 1.50 bits per heavy atom. The number of hydrogen-bond donors (Lipinski definition) is 2. The quantitative estimate of drug-likeness (QED) is 0.665. The number of aliphatic hydroxyl groups excluding tert-OH is 1. The van der Waals surface area contributed by atoms with Crippen LogP contribution in [0, 0.1) is 0 Å². The molecule has 0 aliphatic heterocycles. The summed E-state index contributed by atoms with van der Waals surface area (Å²) < 4.78 is 0. The summed E-state index contributed by atoms with van der Waals surface area (Å²) in [6.07, 6.45) is 11.5. The summed E-state index contributed by atoms with van der Waals surface area (Å²) in [5, 5.41) is 13.4. The Labute approximate surface area is 87.1 Å². The first kappa shape index (κ1) is 10.4. The van der Waals surface area contributed by atoms with Crippen LogP contribution in [0.4, 0.5) is 0 Å². The van der Waals surface area contributed by atoms with Gasteiger partial charge in [-0.25, -0.2) is 0 Å². The van der Waals surface area contributed by atoms with Crippen LogP contribution in [-0.2, 0) is 0 Å². The summed E-state index contributed by atoms with van der Waals surface area (Å²) >= 11 is 0. The minimum atomic E-state index is -0.0711. The minimum Gasteiger partial charge on any atom is -0.392 e. The fraction of sp³-hybridized carbons (Fsp3) is 1.00. The zero-order valence-corrected chi connectivity index (χ0v) is 9.04. The highest BCUT2D eigenvalue weighted by Gasteiger charge is 2.27. The molecule has 14 heavy (non-hydrogen) atoms. The molecule has 2 aliphatic carbocycles. The molecule has 2 rings (SSSR count). The Kier molecular flexibility index (Phi) is 3.82. The highest BCUT2D eigenvalue weighted by Crippen LogP contribution is 2.23. The fourth-order valence-electron chi connectivity index (χ4n) is 2.88. The Morgan fingerprint density at radius 1 is 0.786 bits per heavy atom. The summed E-state index contributed by atoms with van der Waals surface area (Å²) in [5.74, 6) is 0. The standard InChI is InChI=1S/C12H23NO/c14-12-9-5-8-11(12)13-10-6-3-1-2-4-7-10/h10-14H,1-9H2/t11-,12-/m0/s1. The monoisotopic (exact) mass is 197 g/mol. The summed E-state index contributed by atoms with van der Waals surface area (Å²) in [7, 11) is 0. The minimum absolute atomic E-state index is 0.0711. The molecule has 2 N–H and O–H groups in total. The topological polar surface area (TPSA) is 32.3 Å². The molecular formula is C12H23NO. The summed E-state index contributed by atoms with van der Waals surface area (Å²) in [6, 6.07) is 1.09. The predicted octanol–water partition coefficient (Wildman–Crippen LogP) is 2.21. The van der Waals surface area contributed by atoms with Crippen LogP contribution in [0.25, 0.3) is 0 Å². The van der Waals surface area contributed by atoms with Crippen LogP contribution in [0.15, 0.2) is 0 Å². The normalized spacial score (nSPS) is 35.8. The van der Waals surface area contributed by atoms with Gasteiger partial charge < -0.3 is 10.4 Å². The van der Waals surface area contributed by atoms with Gasteiger partial charge in [0.05, 0.1) is 6.10 Å². The molecule has 2 heteroatoms. The van der Waals surface area contributed by atoms with E-state index in [1.54, 1.807) is 0 Å². The lowest BCUT2D eigenvalue weighted by Gasteiger charge is -2.23. The van der Waals surface area contributed by atoms with Crippen LogP contribution in [0.2, 0.25) is 0 Å². The Bertz CT molecular complexity index is 164. The van der Waals surface area contributed by atoms with E-state index in [4.69, 9.17) is 0 Å². The van der Waals surface area contributed by atoms with Crippen LogP contribution < -0.4 is 5.32 Å². The fourth-order valence-corrected chi connectivity index (χ4v) is 2.88. The van der Waals surface area contributed by atoms with Gasteiger partial charge in [-0.1, -0.05) is 25.7 Å². The molecule has 0 amide bonds. The first-order valence-electron chi connectivity index (χ1n) is 6.30. The first-order chi connectivity index (χ1) is 6.86. The molecule has 2 aliphatic rings. The zero-order chi connectivity index (χ0) is 9.80. The largest absolute Gasteiger partial charge is 0.392 e. The lowest BCUT2D eigenvalue weighted by atomic mass is 10.1. The van der Waals surface area contributed by atoms with E-state index in [0.29, 0.717) is 12.1 Å². The Balaban J connectivity index is 1.77. The van der Waals surface area contributed by atoms with Crippen molar-refractivity contribution >= 4 is 0 Å². The summed E-state index contributed by atoms with van der Waals surface area (Å²) in [5.41, 5.74) is 0. The van der Waals surface area contributed by atoms with Crippen molar-refractivity contribution in [2.75, 3.05) is 0 Å². The van der Waals surface area contributed by atoms with E-state index in [1.165, 1.54) is 51.4 Å². The smallest absolute Gasteiger partial charge is 0.0693 e. The molecule has 0 spiro atoms. The lowest BCUT2D eigenvalue weighted by Crippen LogP contribution is -2.42. The van der Waals surface area contributed by atoms with Crippen LogP contribution >= 0.6 is 0 Å². The Hall–Kier alpha value is -0.0800. The molecule has 0 unspecified atom stereocenters. The highest BCUT2D eigenvalue weighted by molar-refractivity contribution is 4.86. The number of nitrogens with one attached hydrogen (secondary N) is 1. The van der Waals surface area contributed by atoms with Crippen LogP contribution in [0.1, 0.15) is 57.8 Å². The van der Waals surface area contributed by atoms with Gasteiger partial charge >= 0.3 is 0 Å². The molecular weight excluding hydrogens is 174 g/mol. The van der Waals surface area contributed by atoms with Crippen molar-refractivity contribution in [3.63, 3.8) is 0 Å². The molecule has 2 fully saturated rings. The number of hydrogen-bond acceptors (Lipinski definition) is 2. The predicted molar refractivity (Wildman–Crippen MR) is 58.3 cm³/mol. The number of rotatable bonds is 2. The van der Waals surface area contributed by atoms with Gasteiger partial charge in [0.25, 0.3) is 0 Å². The molecule has 82 valence electrons. The summed E-state index contributed by atoms with van der Waals surface area (Å²) in [4.78, 5) is 0. The molecule has 0 saturated heterocycles. The molecule has 0 bridgehead atoms. The van der Waals surface area contributed by atoms with Gasteiger partial charge in [-0.2, -0.15) is 0 Å². The maximum atomic E-state index is 9.73. The number of aliphatic hydroxyl groups is 1. The van der Waals surface area contributed by atoms with Crippen molar-refractivity contribution in [2.45, 2.75) is 76.0 Å². The first-order valence-corrected chi connectivity index (χ1v) is 6.30. The van der Waals surface area contributed by atoms with E-state index >= 15 is 0 Å². The van der Waals surface area contributed by atoms with Crippen molar-refractivity contribution in [3.8, 4) is 0 Å². The third-order valence-electron chi connectivity index (χ3n) is 3.78. The van der Waals surface area contributed by atoms with E-state index in [2.05, 4.69) is 5.32 Å². The molecule has 2 saturated carbocycles. The average Bonchev–Trinajstić information content (AvgIpc) is 2.44. The van der Waals surface area contributed by atoms with Gasteiger partial charge in [0.1, 0.15) is 0 Å². The van der Waals surface area contributed by atoms with Crippen LogP contribution in [-0.4, -0.2) is 23.3 Å². The van der Waals surface area contributed by atoms with Gasteiger partial charge in [-0.15, -0.1) is 0 Å². The molecule has 2 nitrogen and oxygen atoms in total. The van der Waals surface area contributed by atoms with E-state index in [1.807, 2.05) is 0 Å². The molecule has 0 heterocycles. The maximum Gasteiger partial charge on any atom is 0.0693 e. The SMILES string of the molecule is O[C@H]1CCC[C@@H]1NC1CCCCCC1. The molecule has 0 radical (unpaired) electrons. The molecule has 0 aromatic rings. The summed E-state index contributed by atoms with van der Waals surface area (Å²) in [6.45, 7) is 0. The van der Waals surface area contributed by atoms with E-state index in [-0.39, 0.29) is 6.10 Å². The van der Waals surface area contributed by atoms with Crippen molar-refractivity contribution in [1.29, 1.82) is 0 Å². The highest BCUT2D eigenvalue weighted by atomic mass is 16.3. The van der Waals surface area contributed by atoms with Crippen molar-refractivity contribution in [3.05, 3.63) is 0 Å². The lowest BCUT2D eigenvalue weighted by molar-refractivity contribution is 0.141. The molecule has 2 atom stereocenters. The zero-order valence-electron chi connectivity index (χ0n) is 9.04. The van der Waals surface area contributed by atoms with Crippen LogP contribution in [0.5, 0.6) is 0 Å². The van der Waals surface area contributed by atoms with Gasteiger partial charge in [-0.05, 0) is 32.1 Å². The van der Waals surface area contributed by atoms with E-state index in [0.717, 1.165) is 6.42 Å². The van der Waals surface area contributed by atoms with Gasteiger partial charge in [0.15, 0.2) is 0 Å². The maximum absolute atomic E-state index is 9.73. The van der Waals surface area contributed by atoms with Crippen molar-refractivity contribution < 1.29 is 5.11 Å². The molecule has 0 aromatic heterocycles. The van der Waals surface area contributed by atoms with E-state index < -0.39 is 0 Å². The third-order valence-corrected chi connectivity index (χ3v) is 3.78.